The highest BCUT2D eigenvalue weighted by Crippen LogP contribution is 2.37. The van der Waals surface area contributed by atoms with Crippen LogP contribution in [0.25, 0.3) is 11.0 Å². The minimum atomic E-state index is -3.79. The summed E-state index contributed by atoms with van der Waals surface area (Å²) in [5.74, 6) is 0.438. The lowest BCUT2D eigenvalue weighted by Gasteiger charge is -2.15. The van der Waals surface area contributed by atoms with Crippen LogP contribution in [0.15, 0.2) is 36.8 Å². The van der Waals surface area contributed by atoms with Crippen molar-refractivity contribution in [3.63, 3.8) is 0 Å². The topological polar surface area (TPSA) is 135 Å². The van der Waals surface area contributed by atoms with Crippen molar-refractivity contribution in [3.05, 3.63) is 52.4 Å². The molecule has 31 heavy (non-hydrogen) atoms. The van der Waals surface area contributed by atoms with Crippen LogP contribution in [-0.4, -0.2) is 40.7 Å². The van der Waals surface area contributed by atoms with Crippen LogP contribution in [0, 0.1) is 5.92 Å². The predicted molar refractivity (Wildman–Crippen MR) is 120 cm³/mol. The second kappa shape index (κ2) is 8.89. The van der Waals surface area contributed by atoms with Gasteiger partial charge in [-0.2, -0.15) is 8.42 Å². The Morgan fingerprint density at radius 2 is 2.03 bits per heavy atom. The van der Waals surface area contributed by atoms with Gasteiger partial charge in [0.25, 0.3) is 10.2 Å². The van der Waals surface area contributed by atoms with E-state index in [2.05, 4.69) is 20.0 Å². The number of aromatic nitrogens is 3. The number of anilines is 1. The molecule has 0 aliphatic heterocycles. The van der Waals surface area contributed by atoms with Crippen molar-refractivity contribution >= 4 is 50.3 Å². The zero-order valence-electron chi connectivity index (χ0n) is 16.4. The van der Waals surface area contributed by atoms with E-state index in [0.29, 0.717) is 35.2 Å². The number of hydrogen-bond donors (Lipinski definition) is 4. The second-order valence-electron chi connectivity index (χ2n) is 7.62. The summed E-state index contributed by atoms with van der Waals surface area (Å²) in [5, 5.41) is 20.7. The zero-order chi connectivity index (χ0) is 22.2. The van der Waals surface area contributed by atoms with Crippen molar-refractivity contribution in [2.75, 3.05) is 11.9 Å². The maximum absolute atomic E-state index is 11.2. The highest BCUT2D eigenvalue weighted by Gasteiger charge is 2.35. The Labute approximate surface area is 189 Å². The van der Waals surface area contributed by atoms with E-state index in [0.717, 1.165) is 16.6 Å². The van der Waals surface area contributed by atoms with Gasteiger partial charge in [-0.3, -0.25) is 0 Å². The van der Waals surface area contributed by atoms with Crippen molar-refractivity contribution in [3.8, 4) is 0 Å². The molecule has 12 heteroatoms. The molecule has 9 nitrogen and oxygen atoms in total. The van der Waals surface area contributed by atoms with Crippen molar-refractivity contribution in [2.45, 2.75) is 31.5 Å². The first-order chi connectivity index (χ1) is 14.7. The summed E-state index contributed by atoms with van der Waals surface area (Å²) in [7, 11) is -3.79. The number of aliphatic hydroxyl groups excluding tert-OH is 1. The van der Waals surface area contributed by atoms with Gasteiger partial charge in [0.05, 0.1) is 11.5 Å². The quantitative estimate of drug-likeness (QED) is 0.406. The van der Waals surface area contributed by atoms with Crippen LogP contribution in [0.4, 0.5) is 5.82 Å². The molecule has 1 saturated carbocycles. The Morgan fingerprint density at radius 1 is 1.23 bits per heavy atom. The molecule has 0 saturated heterocycles. The number of halogens is 2. The lowest BCUT2D eigenvalue weighted by molar-refractivity contribution is 0.133. The van der Waals surface area contributed by atoms with Crippen molar-refractivity contribution in [2.24, 2.45) is 11.1 Å². The van der Waals surface area contributed by atoms with Crippen LogP contribution >= 0.6 is 23.2 Å². The molecule has 0 amide bonds. The van der Waals surface area contributed by atoms with Gasteiger partial charge in [-0.15, -0.1) is 0 Å². The second-order valence-corrected chi connectivity index (χ2v) is 9.84. The third kappa shape index (κ3) is 5.11. The first kappa shape index (κ1) is 22.3. The Kier molecular flexibility index (Phi) is 6.38. The first-order valence-electron chi connectivity index (χ1n) is 9.66. The Balaban J connectivity index is 1.51. The standard InChI is InChI=1S/C19H22Cl2N6O3S/c20-13-2-1-11(16(21)6-13)8-23-18-15-3-4-27(19(15)25-10-24-18)14-5-12(17(28)7-14)9-26-31(22,29)30/h1-4,6,10,12,14,17,26,28H,5,7-9H2,(H2,22,29,30)(H,23,24,25)/t12-,14+,17-/m0/s1. The van der Waals surface area contributed by atoms with E-state index in [4.69, 9.17) is 28.3 Å². The number of nitrogens with two attached hydrogens (primary N) is 1. The summed E-state index contributed by atoms with van der Waals surface area (Å²) < 4.78 is 26.6. The van der Waals surface area contributed by atoms with E-state index in [1.165, 1.54) is 6.33 Å². The SMILES string of the molecule is NS(=O)(=O)NC[C@@H]1C[C@@H](n2ccc3c(NCc4ccc(Cl)cc4Cl)ncnc32)C[C@@H]1O. The molecule has 1 aliphatic carbocycles. The molecular weight excluding hydrogens is 463 g/mol. The smallest absolute Gasteiger partial charge is 0.274 e. The van der Waals surface area contributed by atoms with Gasteiger partial charge >= 0.3 is 0 Å². The van der Waals surface area contributed by atoms with Gasteiger partial charge < -0.3 is 15.0 Å². The molecule has 5 N–H and O–H groups in total. The summed E-state index contributed by atoms with van der Waals surface area (Å²) in [4.78, 5) is 8.77. The highest BCUT2D eigenvalue weighted by atomic mass is 35.5. The van der Waals surface area contributed by atoms with Gasteiger partial charge in [-0.25, -0.2) is 19.8 Å². The highest BCUT2D eigenvalue weighted by molar-refractivity contribution is 7.87. The van der Waals surface area contributed by atoms with E-state index < -0.39 is 16.3 Å². The van der Waals surface area contributed by atoms with Crippen molar-refractivity contribution in [1.82, 2.24) is 19.3 Å². The maximum Gasteiger partial charge on any atom is 0.274 e. The van der Waals surface area contributed by atoms with Gasteiger partial charge in [0.15, 0.2) is 0 Å². The van der Waals surface area contributed by atoms with E-state index in [1.807, 2.05) is 22.9 Å². The summed E-state index contributed by atoms with van der Waals surface area (Å²) in [6.07, 6.45) is 3.85. The average molecular weight is 485 g/mol. The Bertz CT molecular complexity index is 1200. The Morgan fingerprint density at radius 3 is 2.77 bits per heavy atom. The number of benzene rings is 1. The normalized spacial score (nSPS) is 21.6. The zero-order valence-corrected chi connectivity index (χ0v) is 18.7. The van der Waals surface area contributed by atoms with Gasteiger partial charge in [-0.1, -0.05) is 29.3 Å². The van der Waals surface area contributed by atoms with Crippen LogP contribution in [-0.2, 0) is 16.8 Å². The number of aliphatic hydroxyl groups is 1. The third-order valence-corrected chi connectivity index (χ3v) is 6.70. The summed E-state index contributed by atoms with van der Waals surface area (Å²) >= 11 is 12.2. The number of fused-ring (bicyclic) bond motifs is 1. The molecule has 1 aromatic carbocycles. The van der Waals surface area contributed by atoms with E-state index in [9.17, 15) is 13.5 Å². The van der Waals surface area contributed by atoms with Crippen LogP contribution < -0.4 is 15.2 Å². The van der Waals surface area contributed by atoms with Crippen LogP contribution in [0.2, 0.25) is 10.0 Å². The molecule has 0 spiro atoms. The largest absolute Gasteiger partial charge is 0.393 e. The Hall–Kier alpha value is -1.95. The van der Waals surface area contributed by atoms with E-state index >= 15 is 0 Å². The average Bonchev–Trinajstić information content (AvgIpc) is 3.28. The van der Waals surface area contributed by atoms with E-state index in [-0.39, 0.29) is 18.5 Å². The number of rotatable bonds is 7. The molecule has 0 bridgehead atoms. The summed E-state index contributed by atoms with van der Waals surface area (Å²) in [5.41, 5.74) is 1.62. The van der Waals surface area contributed by atoms with Gasteiger partial charge in [-0.05, 0) is 36.6 Å². The maximum atomic E-state index is 11.2. The molecule has 1 fully saturated rings. The minimum absolute atomic E-state index is 0.0201. The fourth-order valence-electron chi connectivity index (χ4n) is 3.99. The fraction of sp³-hybridized carbons (Fsp3) is 0.368. The predicted octanol–water partition coefficient (Wildman–Crippen LogP) is 2.46. The lowest BCUT2D eigenvalue weighted by atomic mass is 10.1. The lowest BCUT2D eigenvalue weighted by Crippen LogP contribution is -2.36. The van der Waals surface area contributed by atoms with Gasteiger partial charge in [0.1, 0.15) is 17.8 Å². The molecule has 4 rings (SSSR count). The van der Waals surface area contributed by atoms with Crippen LogP contribution in [0.5, 0.6) is 0 Å². The number of nitrogens with zero attached hydrogens (tertiary/aromatic N) is 3. The molecule has 0 radical (unpaired) electrons. The molecular formula is C19H22Cl2N6O3S. The number of hydrogen-bond acceptors (Lipinski definition) is 6. The molecule has 3 atom stereocenters. The van der Waals surface area contributed by atoms with Crippen molar-refractivity contribution in [1.29, 1.82) is 0 Å². The molecule has 3 aromatic rings. The van der Waals surface area contributed by atoms with Crippen molar-refractivity contribution < 1.29 is 13.5 Å². The molecule has 2 heterocycles. The minimum Gasteiger partial charge on any atom is -0.393 e. The number of nitrogens with one attached hydrogen (secondary N) is 2. The van der Waals surface area contributed by atoms with Gasteiger partial charge in [0.2, 0.25) is 0 Å². The summed E-state index contributed by atoms with van der Waals surface area (Å²) in [6, 6.07) is 7.23. The monoisotopic (exact) mass is 484 g/mol. The summed E-state index contributed by atoms with van der Waals surface area (Å²) in [6.45, 7) is 0.566. The van der Waals surface area contributed by atoms with Crippen LogP contribution in [0.1, 0.15) is 24.4 Å². The van der Waals surface area contributed by atoms with Gasteiger partial charge in [0, 0.05) is 41.3 Å². The first-order valence-corrected chi connectivity index (χ1v) is 12.0. The molecule has 166 valence electrons. The molecule has 2 aromatic heterocycles. The molecule has 1 aliphatic rings. The fourth-order valence-corrected chi connectivity index (χ4v) is 4.92. The molecule has 0 unspecified atom stereocenters. The van der Waals surface area contributed by atoms with E-state index in [1.54, 1.807) is 12.1 Å². The van der Waals surface area contributed by atoms with Crippen LogP contribution in [0.3, 0.4) is 0 Å². The third-order valence-electron chi connectivity index (χ3n) is 5.54.